The Morgan fingerprint density at radius 2 is 2.25 bits per heavy atom. The average molecular weight is 272 g/mol. The standard InChI is InChI=1S/C16H17FN2O/c1-20-16-11(4-3-9-18-16)10-19-15-8-7-12-13(15)5-2-6-14(12)17/h2-6,9,15,19H,7-8,10H2,1H3. The van der Waals surface area contributed by atoms with E-state index in [1.807, 2.05) is 18.2 Å². The number of hydrogen-bond donors (Lipinski definition) is 1. The number of nitrogens with one attached hydrogen (secondary N) is 1. The van der Waals surface area contributed by atoms with Crippen LogP contribution in [-0.4, -0.2) is 12.1 Å². The molecule has 0 spiro atoms. The van der Waals surface area contributed by atoms with Crippen molar-refractivity contribution in [3.05, 3.63) is 59.0 Å². The zero-order chi connectivity index (χ0) is 13.9. The molecule has 0 aliphatic heterocycles. The van der Waals surface area contributed by atoms with E-state index in [0.717, 1.165) is 29.5 Å². The SMILES string of the molecule is COc1ncccc1CNC1CCc2c(F)cccc21. The average Bonchev–Trinajstić information content (AvgIpc) is 2.90. The molecule has 1 aromatic heterocycles. The molecule has 1 aliphatic carbocycles. The first-order valence-corrected chi connectivity index (χ1v) is 6.78. The number of fused-ring (bicyclic) bond motifs is 1. The summed E-state index contributed by atoms with van der Waals surface area (Å²) in [6.45, 7) is 0.664. The van der Waals surface area contributed by atoms with Crippen LogP contribution in [0, 0.1) is 5.82 Å². The van der Waals surface area contributed by atoms with E-state index >= 15 is 0 Å². The molecule has 3 rings (SSSR count). The van der Waals surface area contributed by atoms with Gasteiger partial charge in [0.1, 0.15) is 5.82 Å². The fraction of sp³-hybridized carbons (Fsp3) is 0.312. The normalized spacial score (nSPS) is 17.0. The molecular weight excluding hydrogens is 255 g/mol. The minimum atomic E-state index is -0.0919. The highest BCUT2D eigenvalue weighted by Crippen LogP contribution is 2.33. The van der Waals surface area contributed by atoms with Crippen LogP contribution in [-0.2, 0) is 13.0 Å². The molecule has 0 fully saturated rings. The number of methoxy groups -OCH3 is 1. The Hall–Kier alpha value is -1.94. The van der Waals surface area contributed by atoms with Crippen molar-refractivity contribution >= 4 is 0 Å². The molecule has 1 unspecified atom stereocenters. The first-order chi connectivity index (χ1) is 9.79. The number of aromatic nitrogens is 1. The highest BCUT2D eigenvalue weighted by atomic mass is 19.1. The molecule has 2 aromatic rings. The molecule has 1 aliphatic rings. The van der Waals surface area contributed by atoms with E-state index < -0.39 is 0 Å². The van der Waals surface area contributed by atoms with Gasteiger partial charge in [0.25, 0.3) is 0 Å². The molecule has 20 heavy (non-hydrogen) atoms. The van der Waals surface area contributed by atoms with E-state index in [2.05, 4.69) is 10.3 Å². The summed E-state index contributed by atoms with van der Waals surface area (Å²) in [5, 5.41) is 3.47. The van der Waals surface area contributed by atoms with Gasteiger partial charge in [-0.05, 0) is 36.1 Å². The van der Waals surface area contributed by atoms with E-state index in [4.69, 9.17) is 4.74 Å². The van der Waals surface area contributed by atoms with Crippen molar-refractivity contribution in [3.63, 3.8) is 0 Å². The molecule has 0 amide bonds. The van der Waals surface area contributed by atoms with Gasteiger partial charge in [-0.25, -0.2) is 9.37 Å². The lowest BCUT2D eigenvalue weighted by Crippen LogP contribution is -2.19. The van der Waals surface area contributed by atoms with Gasteiger partial charge >= 0.3 is 0 Å². The zero-order valence-electron chi connectivity index (χ0n) is 11.4. The summed E-state index contributed by atoms with van der Waals surface area (Å²) in [5.41, 5.74) is 2.94. The van der Waals surface area contributed by atoms with Crippen LogP contribution >= 0.6 is 0 Å². The maximum atomic E-state index is 13.7. The molecule has 0 radical (unpaired) electrons. The third-order valence-electron chi connectivity index (χ3n) is 3.80. The Morgan fingerprint density at radius 1 is 1.35 bits per heavy atom. The monoisotopic (exact) mass is 272 g/mol. The van der Waals surface area contributed by atoms with Crippen LogP contribution in [0.2, 0.25) is 0 Å². The minimum absolute atomic E-state index is 0.0919. The molecule has 1 heterocycles. The molecule has 1 N–H and O–H groups in total. The summed E-state index contributed by atoms with van der Waals surface area (Å²) in [5.74, 6) is 0.545. The minimum Gasteiger partial charge on any atom is -0.481 e. The molecular formula is C16H17FN2O. The van der Waals surface area contributed by atoms with Crippen LogP contribution in [0.1, 0.15) is 29.2 Å². The Morgan fingerprint density at radius 3 is 3.10 bits per heavy atom. The van der Waals surface area contributed by atoms with Crippen molar-refractivity contribution < 1.29 is 9.13 Å². The topological polar surface area (TPSA) is 34.1 Å². The van der Waals surface area contributed by atoms with Gasteiger partial charge in [0.2, 0.25) is 5.88 Å². The molecule has 1 aromatic carbocycles. The van der Waals surface area contributed by atoms with Gasteiger partial charge in [-0.3, -0.25) is 0 Å². The summed E-state index contributed by atoms with van der Waals surface area (Å²) in [4.78, 5) is 4.18. The quantitative estimate of drug-likeness (QED) is 0.929. The fourth-order valence-electron chi connectivity index (χ4n) is 2.80. The van der Waals surface area contributed by atoms with E-state index in [1.165, 1.54) is 6.07 Å². The maximum Gasteiger partial charge on any atom is 0.217 e. The second-order valence-electron chi connectivity index (χ2n) is 4.95. The molecule has 0 saturated carbocycles. The van der Waals surface area contributed by atoms with Gasteiger partial charge in [0.05, 0.1) is 7.11 Å². The highest BCUT2D eigenvalue weighted by molar-refractivity contribution is 5.36. The molecule has 3 nitrogen and oxygen atoms in total. The van der Waals surface area contributed by atoms with Crippen molar-refractivity contribution in [2.45, 2.75) is 25.4 Å². The summed E-state index contributed by atoms with van der Waals surface area (Å²) in [6, 6.07) is 9.39. The van der Waals surface area contributed by atoms with Gasteiger partial charge in [-0.1, -0.05) is 18.2 Å². The van der Waals surface area contributed by atoms with Crippen LogP contribution in [0.4, 0.5) is 4.39 Å². The van der Waals surface area contributed by atoms with E-state index in [0.29, 0.717) is 12.4 Å². The second kappa shape index (κ2) is 5.59. The highest BCUT2D eigenvalue weighted by Gasteiger charge is 2.24. The van der Waals surface area contributed by atoms with Crippen molar-refractivity contribution in [2.75, 3.05) is 7.11 Å². The number of benzene rings is 1. The van der Waals surface area contributed by atoms with Gasteiger partial charge in [0.15, 0.2) is 0 Å². The zero-order valence-corrected chi connectivity index (χ0v) is 11.4. The smallest absolute Gasteiger partial charge is 0.217 e. The number of nitrogens with zero attached hydrogens (tertiary/aromatic N) is 1. The van der Waals surface area contributed by atoms with Crippen molar-refractivity contribution in [1.29, 1.82) is 0 Å². The fourth-order valence-corrected chi connectivity index (χ4v) is 2.80. The van der Waals surface area contributed by atoms with Crippen LogP contribution < -0.4 is 10.1 Å². The largest absolute Gasteiger partial charge is 0.481 e. The third-order valence-corrected chi connectivity index (χ3v) is 3.80. The number of rotatable bonds is 4. The van der Waals surface area contributed by atoms with Crippen molar-refractivity contribution in [2.24, 2.45) is 0 Å². The Balaban J connectivity index is 1.74. The number of ether oxygens (including phenoxy) is 1. The molecule has 104 valence electrons. The van der Waals surface area contributed by atoms with Gasteiger partial charge in [-0.2, -0.15) is 0 Å². The Bertz CT molecular complexity index is 615. The number of pyridine rings is 1. The van der Waals surface area contributed by atoms with Gasteiger partial charge < -0.3 is 10.1 Å². The Labute approximate surface area is 117 Å². The van der Waals surface area contributed by atoms with Crippen molar-refractivity contribution in [1.82, 2.24) is 10.3 Å². The lowest BCUT2D eigenvalue weighted by atomic mass is 10.1. The lowest BCUT2D eigenvalue weighted by molar-refractivity contribution is 0.388. The Kier molecular flexibility index (Phi) is 3.65. The van der Waals surface area contributed by atoms with E-state index in [9.17, 15) is 4.39 Å². The molecule has 1 atom stereocenters. The summed E-state index contributed by atoms with van der Waals surface area (Å²) < 4.78 is 18.9. The number of hydrogen-bond acceptors (Lipinski definition) is 3. The number of halogens is 1. The van der Waals surface area contributed by atoms with E-state index in [1.54, 1.807) is 19.4 Å². The molecule has 4 heteroatoms. The van der Waals surface area contributed by atoms with Gasteiger partial charge in [0, 0.05) is 24.3 Å². The first-order valence-electron chi connectivity index (χ1n) is 6.78. The third kappa shape index (κ3) is 2.39. The second-order valence-corrected chi connectivity index (χ2v) is 4.95. The molecule has 0 bridgehead atoms. The first kappa shape index (κ1) is 13.1. The summed E-state index contributed by atoms with van der Waals surface area (Å²) >= 11 is 0. The maximum absolute atomic E-state index is 13.7. The molecule has 0 saturated heterocycles. The van der Waals surface area contributed by atoms with Gasteiger partial charge in [-0.15, -0.1) is 0 Å². The van der Waals surface area contributed by atoms with E-state index in [-0.39, 0.29) is 11.9 Å². The van der Waals surface area contributed by atoms with Crippen LogP contribution in [0.25, 0.3) is 0 Å². The summed E-state index contributed by atoms with van der Waals surface area (Å²) in [6.07, 6.45) is 3.44. The predicted molar refractivity (Wildman–Crippen MR) is 75.1 cm³/mol. The lowest BCUT2D eigenvalue weighted by Gasteiger charge is -2.15. The summed E-state index contributed by atoms with van der Waals surface area (Å²) in [7, 11) is 1.62. The van der Waals surface area contributed by atoms with Crippen LogP contribution in [0.3, 0.4) is 0 Å². The predicted octanol–water partition coefficient (Wildman–Crippen LogP) is 3.01. The van der Waals surface area contributed by atoms with Crippen molar-refractivity contribution in [3.8, 4) is 5.88 Å². The van der Waals surface area contributed by atoms with Crippen LogP contribution in [0.5, 0.6) is 5.88 Å². The van der Waals surface area contributed by atoms with Crippen LogP contribution in [0.15, 0.2) is 36.5 Å².